The molecule has 0 saturated carbocycles. The van der Waals surface area contributed by atoms with E-state index < -0.39 is 0 Å². The Kier molecular flexibility index (Phi) is 7.48. The smallest absolute Gasteiger partial charge is 0.292 e. The zero-order chi connectivity index (χ0) is 27.6. The summed E-state index contributed by atoms with van der Waals surface area (Å²) in [4.78, 5) is 18.2. The quantitative estimate of drug-likeness (QED) is 0.251. The lowest BCUT2D eigenvalue weighted by Crippen LogP contribution is -2.27. The fraction of sp³-hybridized carbons (Fsp3) is 0.300. The lowest BCUT2D eigenvalue weighted by molar-refractivity contribution is 0.584. The van der Waals surface area contributed by atoms with Crippen LogP contribution in [0.2, 0.25) is 5.02 Å². The van der Waals surface area contributed by atoms with Gasteiger partial charge in [0.05, 0.1) is 17.3 Å². The van der Waals surface area contributed by atoms with Gasteiger partial charge in [-0.1, -0.05) is 82.1 Å². The molecular formula is C30H32ClN7O. The van der Waals surface area contributed by atoms with Gasteiger partial charge >= 0.3 is 5.69 Å². The number of aromatic amines is 1. The van der Waals surface area contributed by atoms with Gasteiger partial charge in [0, 0.05) is 35.4 Å². The first-order valence-electron chi connectivity index (χ1n) is 13.2. The number of aryl methyl sites for hydroxylation is 1. The van der Waals surface area contributed by atoms with E-state index in [1.54, 1.807) is 17.0 Å². The fourth-order valence-electron chi connectivity index (χ4n) is 4.85. The molecule has 0 saturated heterocycles. The van der Waals surface area contributed by atoms with Gasteiger partial charge in [0.2, 0.25) is 5.82 Å². The molecule has 8 nitrogen and oxygen atoms in total. The van der Waals surface area contributed by atoms with E-state index in [4.69, 9.17) is 11.6 Å². The predicted molar refractivity (Wildman–Crippen MR) is 154 cm³/mol. The largest absolute Gasteiger partial charge is 0.333 e. The summed E-state index contributed by atoms with van der Waals surface area (Å²) in [6, 6.07) is 15.9. The zero-order valence-corrected chi connectivity index (χ0v) is 23.4. The highest BCUT2D eigenvalue weighted by Gasteiger charge is 2.24. The Labute approximate surface area is 232 Å². The van der Waals surface area contributed by atoms with Gasteiger partial charge in [-0.25, -0.2) is 4.79 Å². The van der Waals surface area contributed by atoms with Gasteiger partial charge in [-0.2, -0.15) is 5.21 Å². The van der Waals surface area contributed by atoms with Crippen LogP contribution in [0.3, 0.4) is 0 Å². The van der Waals surface area contributed by atoms with Crippen molar-refractivity contribution in [1.82, 2.24) is 34.7 Å². The first kappa shape index (κ1) is 26.6. The maximum atomic E-state index is 13.9. The number of aromatic nitrogens is 7. The third kappa shape index (κ3) is 5.43. The van der Waals surface area contributed by atoms with Gasteiger partial charge in [0.15, 0.2) is 0 Å². The molecule has 2 aromatic carbocycles. The van der Waals surface area contributed by atoms with Crippen LogP contribution < -0.4 is 5.69 Å². The number of H-pyrrole nitrogens is 1. The number of halogens is 1. The van der Waals surface area contributed by atoms with E-state index in [0.717, 1.165) is 58.5 Å². The van der Waals surface area contributed by atoms with E-state index in [9.17, 15) is 4.79 Å². The molecule has 3 heterocycles. The molecule has 0 radical (unpaired) electrons. The minimum Gasteiger partial charge on any atom is -0.292 e. The molecule has 1 N–H and O–H groups in total. The highest BCUT2D eigenvalue weighted by Crippen LogP contribution is 2.33. The number of tetrazole rings is 1. The van der Waals surface area contributed by atoms with Crippen LogP contribution in [0.5, 0.6) is 0 Å². The Hall–Kier alpha value is -4.04. The summed E-state index contributed by atoms with van der Waals surface area (Å²) >= 11 is 6.70. The van der Waals surface area contributed by atoms with Crippen molar-refractivity contribution >= 4 is 11.6 Å². The second-order valence-corrected chi connectivity index (χ2v) is 11.1. The SMILES string of the molecule is CCCCc1cn(-c2c(Cl)cccc2C(C)(C)C)c(=O)n1Cc1ccc(-c2cnccc2-c2nn[nH]n2)cc1. The first-order chi connectivity index (χ1) is 18.8. The van der Waals surface area contributed by atoms with Gasteiger partial charge in [0.25, 0.3) is 0 Å². The number of para-hydroxylation sites is 1. The van der Waals surface area contributed by atoms with Gasteiger partial charge in [-0.05, 0) is 52.3 Å². The normalized spacial score (nSPS) is 11.7. The van der Waals surface area contributed by atoms with Crippen molar-refractivity contribution in [2.75, 3.05) is 0 Å². The van der Waals surface area contributed by atoms with Crippen molar-refractivity contribution < 1.29 is 0 Å². The van der Waals surface area contributed by atoms with E-state index in [0.29, 0.717) is 17.4 Å². The third-order valence-electron chi connectivity index (χ3n) is 6.90. The van der Waals surface area contributed by atoms with Gasteiger partial charge < -0.3 is 0 Å². The number of pyridine rings is 1. The standard InChI is InChI=1S/C30H32ClN7O/c1-5-6-8-22-19-38(27-25(30(2,3)4)9-7-10-26(27)31)29(39)37(22)18-20-11-13-21(14-12-20)24-17-32-16-15-23(24)28-33-35-36-34-28/h7,9-17,19H,5-6,8,18H2,1-4H3,(H,33,34,35,36). The van der Waals surface area contributed by atoms with Crippen LogP contribution in [0.25, 0.3) is 28.2 Å². The first-order valence-corrected chi connectivity index (χ1v) is 13.5. The highest BCUT2D eigenvalue weighted by molar-refractivity contribution is 6.32. The Morgan fingerprint density at radius 1 is 1.03 bits per heavy atom. The number of hydrogen-bond donors (Lipinski definition) is 1. The molecule has 0 amide bonds. The molecule has 5 aromatic rings. The second-order valence-electron chi connectivity index (χ2n) is 10.7. The Morgan fingerprint density at radius 2 is 1.82 bits per heavy atom. The van der Waals surface area contributed by atoms with Crippen molar-refractivity contribution in [3.8, 4) is 28.2 Å². The summed E-state index contributed by atoms with van der Waals surface area (Å²) in [5, 5.41) is 15.0. The van der Waals surface area contributed by atoms with E-state index in [1.807, 2.05) is 53.2 Å². The molecule has 9 heteroatoms. The van der Waals surface area contributed by atoms with Crippen LogP contribution in [0, 0.1) is 0 Å². The second kappa shape index (κ2) is 11.0. The lowest BCUT2D eigenvalue weighted by Gasteiger charge is -2.23. The minimum atomic E-state index is -0.173. The van der Waals surface area contributed by atoms with Crippen molar-refractivity contribution in [2.24, 2.45) is 0 Å². The summed E-state index contributed by atoms with van der Waals surface area (Å²) in [6.07, 6.45) is 8.33. The van der Waals surface area contributed by atoms with Crippen LogP contribution in [0.4, 0.5) is 0 Å². The molecule has 39 heavy (non-hydrogen) atoms. The Bertz CT molecular complexity index is 1630. The van der Waals surface area contributed by atoms with Crippen LogP contribution in [0.1, 0.15) is 57.4 Å². The van der Waals surface area contributed by atoms with Crippen molar-refractivity contribution in [3.05, 3.63) is 99.4 Å². The van der Waals surface area contributed by atoms with Crippen molar-refractivity contribution in [2.45, 2.75) is 58.9 Å². The van der Waals surface area contributed by atoms with Crippen molar-refractivity contribution in [1.29, 1.82) is 0 Å². The van der Waals surface area contributed by atoms with E-state index in [1.165, 1.54) is 0 Å². The number of hydrogen-bond acceptors (Lipinski definition) is 5. The number of nitrogens with one attached hydrogen (secondary N) is 1. The molecular weight excluding hydrogens is 510 g/mol. The zero-order valence-electron chi connectivity index (χ0n) is 22.6. The summed E-state index contributed by atoms with van der Waals surface area (Å²) in [5.74, 6) is 0.513. The van der Waals surface area contributed by atoms with Crippen LogP contribution in [0.15, 0.2) is 71.9 Å². The Balaban J connectivity index is 1.52. The third-order valence-corrected chi connectivity index (χ3v) is 7.20. The molecule has 200 valence electrons. The fourth-order valence-corrected chi connectivity index (χ4v) is 5.11. The van der Waals surface area contributed by atoms with Gasteiger partial charge in [-0.15, -0.1) is 10.2 Å². The van der Waals surface area contributed by atoms with Crippen LogP contribution in [-0.4, -0.2) is 34.7 Å². The summed E-state index contributed by atoms with van der Waals surface area (Å²) in [5.41, 5.74) is 6.29. The van der Waals surface area contributed by atoms with Gasteiger partial charge in [0.1, 0.15) is 0 Å². The number of nitrogens with zero attached hydrogens (tertiary/aromatic N) is 6. The minimum absolute atomic E-state index is 0.0876. The molecule has 0 fully saturated rings. The molecule has 0 aliphatic carbocycles. The number of unbranched alkanes of at least 4 members (excludes halogenated alkanes) is 1. The van der Waals surface area contributed by atoms with Crippen LogP contribution >= 0.6 is 11.6 Å². The monoisotopic (exact) mass is 541 g/mol. The lowest BCUT2D eigenvalue weighted by atomic mass is 9.85. The van der Waals surface area contributed by atoms with E-state index >= 15 is 0 Å². The molecule has 5 rings (SSSR count). The topological polar surface area (TPSA) is 94.3 Å². The number of imidazole rings is 1. The van der Waals surface area contributed by atoms with Crippen LogP contribution in [-0.2, 0) is 18.4 Å². The summed E-state index contributed by atoms with van der Waals surface area (Å²) < 4.78 is 3.60. The molecule has 0 atom stereocenters. The summed E-state index contributed by atoms with van der Waals surface area (Å²) in [6.45, 7) is 9.03. The number of benzene rings is 2. The molecule has 0 unspecified atom stereocenters. The van der Waals surface area contributed by atoms with Gasteiger partial charge in [-0.3, -0.25) is 14.1 Å². The van der Waals surface area contributed by atoms with E-state index in [2.05, 4.69) is 59.4 Å². The van der Waals surface area contributed by atoms with E-state index in [-0.39, 0.29) is 11.1 Å². The average molecular weight is 542 g/mol. The summed E-state index contributed by atoms with van der Waals surface area (Å²) in [7, 11) is 0. The molecule has 3 aromatic heterocycles. The molecule has 0 bridgehead atoms. The van der Waals surface area contributed by atoms with Crippen molar-refractivity contribution in [3.63, 3.8) is 0 Å². The molecule has 0 aliphatic heterocycles. The predicted octanol–water partition coefficient (Wildman–Crippen LogP) is 6.22. The average Bonchev–Trinajstić information content (AvgIpc) is 3.56. The number of rotatable bonds is 8. The molecule has 0 spiro atoms. The Morgan fingerprint density at radius 3 is 2.51 bits per heavy atom. The maximum absolute atomic E-state index is 13.9. The highest BCUT2D eigenvalue weighted by atomic mass is 35.5. The molecule has 0 aliphatic rings. The maximum Gasteiger partial charge on any atom is 0.333 e.